The van der Waals surface area contributed by atoms with Gasteiger partial charge in [-0.15, -0.1) is 0 Å². The number of rotatable bonds is 10. The van der Waals surface area contributed by atoms with E-state index in [4.69, 9.17) is 4.74 Å². The molecule has 0 saturated heterocycles. The van der Waals surface area contributed by atoms with Gasteiger partial charge in [-0.05, 0) is 38.0 Å². The average Bonchev–Trinajstić information content (AvgIpc) is 2.58. The van der Waals surface area contributed by atoms with Crippen LogP contribution in [0.2, 0.25) is 0 Å². The quantitative estimate of drug-likeness (QED) is 0.457. The molecule has 0 saturated carbocycles. The van der Waals surface area contributed by atoms with Gasteiger partial charge in [0.1, 0.15) is 9.84 Å². The van der Waals surface area contributed by atoms with Crippen molar-refractivity contribution in [1.82, 2.24) is 10.6 Å². The minimum atomic E-state index is -3.02. The molecule has 1 unspecified atom stereocenters. The monoisotopic (exact) mass is 407 g/mol. The smallest absolute Gasteiger partial charge is 0.387 e. The van der Waals surface area contributed by atoms with E-state index in [0.717, 1.165) is 5.56 Å². The molecule has 1 atom stereocenters. The van der Waals surface area contributed by atoms with Crippen LogP contribution in [0.4, 0.5) is 8.78 Å². The third-order valence-corrected chi connectivity index (χ3v) is 4.49. The van der Waals surface area contributed by atoms with Crippen molar-refractivity contribution in [1.29, 1.82) is 0 Å². The molecular formula is C17H27F2N3O4S. The van der Waals surface area contributed by atoms with Gasteiger partial charge in [0, 0.05) is 25.9 Å². The Morgan fingerprint density at radius 3 is 2.56 bits per heavy atom. The SMILES string of the molecule is CCOc1cc(CNC(=NC)NC(C)CCS(C)(=O)=O)ccc1OC(F)F. The lowest BCUT2D eigenvalue weighted by Gasteiger charge is -2.18. The van der Waals surface area contributed by atoms with Crippen molar-refractivity contribution in [2.45, 2.75) is 39.5 Å². The minimum absolute atomic E-state index is 0.0208. The molecule has 1 rings (SSSR count). The summed E-state index contributed by atoms with van der Waals surface area (Å²) in [5.74, 6) is 0.803. The van der Waals surface area contributed by atoms with Crippen molar-refractivity contribution in [2.75, 3.05) is 25.7 Å². The molecule has 10 heteroatoms. The zero-order chi connectivity index (χ0) is 20.4. The van der Waals surface area contributed by atoms with Gasteiger partial charge in [0.2, 0.25) is 0 Å². The van der Waals surface area contributed by atoms with Gasteiger partial charge in [-0.25, -0.2) is 8.42 Å². The largest absolute Gasteiger partial charge is 0.490 e. The lowest BCUT2D eigenvalue weighted by Crippen LogP contribution is -2.42. The molecule has 0 aliphatic heterocycles. The van der Waals surface area contributed by atoms with Crippen LogP contribution in [0, 0.1) is 0 Å². The minimum Gasteiger partial charge on any atom is -0.490 e. The van der Waals surface area contributed by atoms with Crippen molar-refractivity contribution in [3.05, 3.63) is 23.8 Å². The maximum absolute atomic E-state index is 12.4. The first-order valence-electron chi connectivity index (χ1n) is 8.50. The predicted octanol–water partition coefficient (Wildman–Crippen LogP) is 2.17. The van der Waals surface area contributed by atoms with Gasteiger partial charge in [-0.1, -0.05) is 6.07 Å². The van der Waals surface area contributed by atoms with Crippen LogP contribution in [0.15, 0.2) is 23.2 Å². The second-order valence-corrected chi connectivity index (χ2v) is 8.24. The van der Waals surface area contributed by atoms with Crippen LogP contribution in [0.3, 0.4) is 0 Å². The Kier molecular flexibility index (Phi) is 9.27. The molecule has 0 aliphatic carbocycles. The van der Waals surface area contributed by atoms with Crippen LogP contribution in [-0.2, 0) is 16.4 Å². The molecule has 1 aromatic rings. The predicted molar refractivity (Wildman–Crippen MR) is 101 cm³/mol. The molecular weight excluding hydrogens is 380 g/mol. The van der Waals surface area contributed by atoms with E-state index < -0.39 is 16.4 Å². The first-order valence-corrected chi connectivity index (χ1v) is 10.6. The second kappa shape index (κ2) is 10.9. The Morgan fingerprint density at radius 1 is 1.30 bits per heavy atom. The van der Waals surface area contributed by atoms with Crippen LogP contribution in [0.1, 0.15) is 25.8 Å². The van der Waals surface area contributed by atoms with E-state index in [1.807, 2.05) is 6.92 Å². The van der Waals surface area contributed by atoms with E-state index in [2.05, 4.69) is 20.4 Å². The highest BCUT2D eigenvalue weighted by Crippen LogP contribution is 2.29. The van der Waals surface area contributed by atoms with Crippen molar-refractivity contribution >= 4 is 15.8 Å². The van der Waals surface area contributed by atoms with Crippen molar-refractivity contribution in [3.63, 3.8) is 0 Å². The summed E-state index contributed by atoms with van der Waals surface area (Å²) in [6.45, 7) is 1.37. The number of alkyl halides is 2. The van der Waals surface area contributed by atoms with Gasteiger partial charge in [0.15, 0.2) is 17.5 Å². The first-order chi connectivity index (χ1) is 12.6. The van der Waals surface area contributed by atoms with Crippen LogP contribution in [0.25, 0.3) is 0 Å². The number of hydrogen-bond donors (Lipinski definition) is 2. The van der Waals surface area contributed by atoms with Gasteiger partial charge in [-0.2, -0.15) is 8.78 Å². The summed E-state index contributed by atoms with van der Waals surface area (Å²) in [5, 5.41) is 6.19. The van der Waals surface area contributed by atoms with Gasteiger partial charge in [-0.3, -0.25) is 4.99 Å². The number of ether oxygens (including phenoxy) is 2. The van der Waals surface area contributed by atoms with Gasteiger partial charge in [0.25, 0.3) is 0 Å². The van der Waals surface area contributed by atoms with Gasteiger partial charge < -0.3 is 20.1 Å². The number of nitrogens with zero attached hydrogens (tertiary/aromatic N) is 1. The lowest BCUT2D eigenvalue weighted by atomic mass is 10.2. The van der Waals surface area contributed by atoms with Crippen LogP contribution < -0.4 is 20.1 Å². The molecule has 2 N–H and O–H groups in total. The fourth-order valence-electron chi connectivity index (χ4n) is 2.20. The Balaban J connectivity index is 2.67. The van der Waals surface area contributed by atoms with E-state index in [-0.39, 0.29) is 23.3 Å². The number of aliphatic imine (C=N–C) groups is 1. The van der Waals surface area contributed by atoms with Crippen molar-refractivity contribution in [3.8, 4) is 11.5 Å². The highest BCUT2D eigenvalue weighted by molar-refractivity contribution is 7.90. The number of hydrogen-bond acceptors (Lipinski definition) is 5. The second-order valence-electron chi connectivity index (χ2n) is 5.98. The molecule has 0 heterocycles. The maximum Gasteiger partial charge on any atom is 0.387 e. The number of nitrogens with one attached hydrogen (secondary N) is 2. The molecule has 1 aromatic carbocycles. The topological polar surface area (TPSA) is 89.0 Å². The fourth-order valence-corrected chi connectivity index (χ4v) is 2.98. The molecule has 0 fully saturated rings. The molecule has 0 bridgehead atoms. The molecule has 7 nitrogen and oxygen atoms in total. The van der Waals surface area contributed by atoms with Crippen LogP contribution in [-0.4, -0.2) is 52.7 Å². The summed E-state index contributed by atoms with van der Waals surface area (Å²) < 4.78 is 57.2. The highest BCUT2D eigenvalue weighted by Gasteiger charge is 2.13. The number of sulfone groups is 1. The van der Waals surface area contributed by atoms with E-state index in [1.165, 1.54) is 12.3 Å². The van der Waals surface area contributed by atoms with Gasteiger partial charge in [0.05, 0.1) is 12.4 Å². The molecule has 0 aliphatic rings. The molecule has 27 heavy (non-hydrogen) atoms. The molecule has 0 amide bonds. The maximum atomic E-state index is 12.4. The summed E-state index contributed by atoms with van der Waals surface area (Å²) in [6, 6.07) is 4.60. The molecule has 0 spiro atoms. The number of guanidine groups is 1. The lowest BCUT2D eigenvalue weighted by molar-refractivity contribution is -0.0514. The Morgan fingerprint density at radius 2 is 2.00 bits per heavy atom. The van der Waals surface area contributed by atoms with E-state index in [0.29, 0.717) is 25.5 Å². The number of halogens is 2. The Labute approximate surface area is 159 Å². The van der Waals surface area contributed by atoms with Gasteiger partial charge >= 0.3 is 6.61 Å². The fraction of sp³-hybridized carbons (Fsp3) is 0.588. The summed E-state index contributed by atoms with van der Waals surface area (Å²) >= 11 is 0. The normalized spacial score (nSPS) is 13.4. The van der Waals surface area contributed by atoms with Crippen molar-refractivity contribution < 1.29 is 26.7 Å². The summed E-state index contributed by atoms with van der Waals surface area (Å²) in [6.07, 6.45) is 1.65. The van der Waals surface area contributed by atoms with Crippen LogP contribution in [0.5, 0.6) is 11.5 Å². The van der Waals surface area contributed by atoms with E-state index >= 15 is 0 Å². The van der Waals surface area contributed by atoms with Crippen molar-refractivity contribution in [2.24, 2.45) is 4.99 Å². The molecule has 0 aromatic heterocycles. The summed E-state index contributed by atoms with van der Waals surface area (Å²) in [5.41, 5.74) is 0.784. The molecule has 154 valence electrons. The zero-order valence-corrected chi connectivity index (χ0v) is 16.8. The number of benzene rings is 1. The van der Waals surface area contributed by atoms with Crippen LogP contribution >= 0.6 is 0 Å². The zero-order valence-electron chi connectivity index (χ0n) is 16.0. The summed E-state index contributed by atoms with van der Waals surface area (Å²) in [4.78, 5) is 4.09. The third kappa shape index (κ3) is 9.41. The molecule has 0 radical (unpaired) electrons. The third-order valence-electron chi connectivity index (χ3n) is 3.51. The van der Waals surface area contributed by atoms with E-state index in [9.17, 15) is 17.2 Å². The first kappa shape index (κ1) is 22.9. The Bertz CT molecular complexity index is 727. The Hall–Kier alpha value is -2.10. The van der Waals surface area contributed by atoms with E-state index in [1.54, 1.807) is 26.1 Å². The average molecular weight is 407 g/mol. The standard InChI is InChI=1S/C17H27F2N3O4S/c1-5-25-15-10-13(6-7-14(15)26-16(18)19)11-21-17(20-3)22-12(2)8-9-27(4,23)24/h6-7,10,12,16H,5,8-9,11H2,1-4H3,(H2,20,21,22). The highest BCUT2D eigenvalue weighted by atomic mass is 32.2. The summed E-state index contributed by atoms with van der Waals surface area (Å²) in [7, 11) is -1.42.